The quantitative estimate of drug-likeness (QED) is 0.767. The Balaban J connectivity index is 2.53. The molecule has 0 amide bonds. The third-order valence-electron chi connectivity index (χ3n) is 2.04. The molecule has 0 saturated heterocycles. The van der Waals surface area contributed by atoms with E-state index < -0.39 is 0 Å². The third-order valence-corrected chi connectivity index (χ3v) is 2.04. The Morgan fingerprint density at radius 2 is 2.31 bits per heavy atom. The summed E-state index contributed by atoms with van der Waals surface area (Å²) in [5.41, 5.74) is 2.19. The number of aliphatic hydroxyl groups excluding tert-OH is 1. The van der Waals surface area contributed by atoms with Crippen LogP contribution in [0, 0.1) is 6.92 Å². The molecular formula is C11H17NO. The fourth-order valence-electron chi connectivity index (χ4n) is 1.39. The van der Waals surface area contributed by atoms with Gasteiger partial charge in [-0.2, -0.15) is 0 Å². The van der Waals surface area contributed by atoms with Crippen LogP contribution in [-0.4, -0.2) is 16.2 Å². The van der Waals surface area contributed by atoms with Gasteiger partial charge in [-0.15, -0.1) is 0 Å². The van der Waals surface area contributed by atoms with Crippen LogP contribution >= 0.6 is 0 Å². The van der Waals surface area contributed by atoms with Crippen molar-refractivity contribution in [1.82, 2.24) is 4.98 Å². The van der Waals surface area contributed by atoms with Crippen molar-refractivity contribution in [2.45, 2.75) is 39.2 Å². The summed E-state index contributed by atoms with van der Waals surface area (Å²) in [6.45, 7) is 4.12. The Hall–Kier alpha value is -0.890. The van der Waals surface area contributed by atoms with Gasteiger partial charge in [0.25, 0.3) is 0 Å². The lowest BCUT2D eigenvalue weighted by atomic mass is 10.1. The Labute approximate surface area is 79.6 Å². The molecule has 1 N–H and O–H groups in total. The number of pyridine rings is 1. The number of nitrogens with zero attached hydrogens (tertiary/aromatic N) is 1. The number of rotatable bonds is 4. The molecule has 0 fully saturated rings. The van der Waals surface area contributed by atoms with E-state index in [1.54, 1.807) is 6.20 Å². The molecule has 2 heteroatoms. The SMILES string of the molecule is CCCC(O)Cc1cc(C)ccn1. The molecule has 2 nitrogen and oxygen atoms in total. The van der Waals surface area contributed by atoms with Crippen LogP contribution in [0.15, 0.2) is 18.3 Å². The average molecular weight is 179 g/mol. The molecule has 1 unspecified atom stereocenters. The maximum Gasteiger partial charge on any atom is 0.0595 e. The van der Waals surface area contributed by atoms with Gasteiger partial charge in [-0.25, -0.2) is 0 Å². The highest BCUT2D eigenvalue weighted by Gasteiger charge is 2.04. The molecular weight excluding hydrogens is 162 g/mol. The highest BCUT2D eigenvalue weighted by atomic mass is 16.3. The minimum Gasteiger partial charge on any atom is -0.393 e. The molecule has 0 aliphatic heterocycles. The van der Waals surface area contributed by atoms with E-state index in [0.29, 0.717) is 6.42 Å². The third kappa shape index (κ3) is 3.55. The van der Waals surface area contributed by atoms with Gasteiger partial charge in [-0.1, -0.05) is 13.3 Å². The summed E-state index contributed by atoms with van der Waals surface area (Å²) in [4.78, 5) is 4.20. The summed E-state index contributed by atoms with van der Waals surface area (Å²) in [7, 11) is 0. The van der Waals surface area contributed by atoms with Crippen molar-refractivity contribution in [3.05, 3.63) is 29.6 Å². The summed E-state index contributed by atoms with van der Waals surface area (Å²) >= 11 is 0. The normalized spacial score (nSPS) is 12.8. The second-order valence-corrected chi connectivity index (χ2v) is 3.47. The fraction of sp³-hybridized carbons (Fsp3) is 0.545. The van der Waals surface area contributed by atoms with Gasteiger partial charge in [0.2, 0.25) is 0 Å². The van der Waals surface area contributed by atoms with E-state index in [9.17, 15) is 5.11 Å². The molecule has 1 aromatic heterocycles. The first kappa shape index (κ1) is 10.2. The van der Waals surface area contributed by atoms with Crippen molar-refractivity contribution in [2.24, 2.45) is 0 Å². The predicted octanol–water partition coefficient (Wildman–Crippen LogP) is 2.09. The van der Waals surface area contributed by atoms with E-state index in [4.69, 9.17) is 0 Å². The van der Waals surface area contributed by atoms with Crippen LogP contribution in [0.1, 0.15) is 31.0 Å². The first-order chi connectivity index (χ1) is 6.22. The first-order valence-corrected chi connectivity index (χ1v) is 4.82. The number of aromatic nitrogens is 1. The minimum atomic E-state index is -0.237. The van der Waals surface area contributed by atoms with Gasteiger partial charge in [0, 0.05) is 18.3 Å². The molecule has 1 atom stereocenters. The maximum absolute atomic E-state index is 9.55. The van der Waals surface area contributed by atoms with E-state index in [1.807, 2.05) is 19.1 Å². The van der Waals surface area contributed by atoms with Crippen LogP contribution in [0.2, 0.25) is 0 Å². The molecule has 0 saturated carbocycles. The van der Waals surface area contributed by atoms with E-state index in [1.165, 1.54) is 5.56 Å². The Morgan fingerprint density at radius 1 is 1.54 bits per heavy atom. The van der Waals surface area contributed by atoms with Crippen LogP contribution in [0.25, 0.3) is 0 Å². The van der Waals surface area contributed by atoms with Crippen molar-refractivity contribution < 1.29 is 5.11 Å². The molecule has 0 radical (unpaired) electrons. The van der Waals surface area contributed by atoms with Crippen molar-refractivity contribution in [3.8, 4) is 0 Å². The first-order valence-electron chi connectivity index (χ1n) is 4.82. The Kier molecular flexibility index (Phi) is 3.90. The molecule has 0 aliphatic rings. The zero-order chi connectivity index (χ0) is 9.68. The summed E-state index contributed by atoms with van der Waals surface area (Å²) < 4.78 is 0. The fourth-order valence-corrected chi connectivity index (χ4v) is 1.39. The predicted molar refractivity (Wildman–Crippen MR) is 53.6 cm³/mol. The standard InChI is InChI=1S/C11H17NO/c1-3-4-11(13)8-10-7-9(2)5-6-12-10/h5-7,11,13H,3-4,8H2,1-2H3. The second kappa shape index (κ2) is 4.97. The molecule has 0 bridgehead atoms. The summed E-state index contributed by atoms with van der Waals surface area (Å²) in [6, 6.07) is 3.99. The van der Waals surface area contributed by atoms with Crippen LogP contribution in [0.4, 0.5) is 0 Å². The number of hydrogen-bond acceptors (Lipinski definition) is 2. The summed E-state index contributed by atoms with van der Waals surface area (Å²) in [6.07, 6.45) is 4.11. The Bertz CT molecular complexity index is 260. The number of hydrogen-bond donors (Lipinski definition) is 1. The highest BCUT2D eigenvalue weighted by Crippen LogP contribution is 2.06. The summed E-state index contributed by atoms with van der Waals surface area (Å²) in [5, 5.41) is 9.55. The summed E-state index contributed by atoms with van der Waals surface area (Å²) in [5.74, 6) is 0. The van der Waals surface area contributed by atoms with Gasteiger partial charge < -0.3 is 5.11 Å². The highest BCUT2D eigenvalue weighted by molar-refractivity contribution is 5.14. The lowest BCUT2D eigenvalue weighted by molar-refractivity contribution is 0.162. The average Bonchev–Trinajstić information content (AvgIpc) is 2.04. The monoisotopic (exact) mass is 179 g/mol. The maximum atomic E-state index is 9.55. The lowest BCUT2D eigenvalue weighted by Crippen LogP contribution is -2.10. The van der Waals surface area contributed by atoms with Gasteiger partial charge in [0.1, 0.15) is 0 Å². The zero-order valence-electron chi connectivity index (χ0n) is 8.33. The molecule has 0 spiro atoms. The molecule has 1 rings (SSSR count). The largest absolute Gasteiger partial charge is 0.393 e. The van der Waals surface area contributed by atoms with Gasteiger partial charge >= 0.3 is 0 Å². The van der Waals surface area contributed by atoms with Gasteiger partial charge in [-0.05, 0) is 31.0 Å². The van der Waals surface area contributed by atoms with Crippen LogP contribution < -0.4 is 0 Å². The van der Waals surface area contributed by atoms with E-state index in [0.717, 1.165) is 18.5 Å². The Morgan fingerprint density at radius 3 is 2.92 bits per heavy atom. The van der Waals surface area contributed by atoms with Crippen LogP contribution in [0.3, 0.4) is 0 Å². The molecule has 13 heavy (non-hydrogen) atoms. The molecule has 1 aromatic rings. The molecule has 0 aromatic carbocycles. The minimum absolute atomic E-state index is 0.237. The second-order valence-electron chi connectivity index (χ2n) is 3.47. The molecule has 1 heterocycles. The van der Waals surface area contributed by atoms with E-state index >= 15 is 0 Å². The number of aryl methyl sites for hydroxylation is 1. The lowest BCUT2D eigenvalue weighted by Gasteiger charge is -2.08. The van der Waals surface area contributed by atoms with Crippen LogP contribution in [-0.2, 0) is 6.42 Å². The van der Waals surface area contributed by atoms with E-state index in [2.05, 4.69) is 11.9 Å². The molecule has 72 valence electrons. The number of aliphatic hydroxyl groups is 1. The van der Waals surface area contributed by atoms with Gasteiger partial charge in [-0.3, -0.25) is 4.98 Å². The van der Waals surface area contributed by atoms with Crippen molar-refractivity contribution >= 4 is 0 Å². The topological polar surface area (TPSA) is 33.1 Å². The van der Waals surface area contributed by atoms with Crippen molar-refractivity contribution in [2.75, 3.05) is 0 Å². The van der Waals surface area contributed by atoms with Crippen LogP contribution in [0.5, 0.6) is 0 Å². The smallest absolute Gasteiger partial charge is 0.0595 e. The van der Waals surface area contributed by atoms with Crippen molar-refractivity contribution in [3.63, 3.8) is 0 Å². The van der Waals surface area contributed by atoms with Crippen molar-refractivity contribution in [1.29, 1.82) is 0 Å². The van der Waals surface area contributed by atoms with Gasteiger partial charge in [0.15, 0.2) is 0 Å². The van der Waals surface area contributed by atoms with E-state index in [-0.39, 0.29) is 6.10 Å². The zero-order valence-corrected chi connectivity index (χ0v) is 8.33. The molecule has 0 aliphatic carbocycles. The van der Waals surface area contributed by atoms with Gasteiger partial charge in [0.05, 0.1) is 6.10 Å².